The standard InChI is InChI=1S/C35H37F2N7O2.C2HF3O2/c1-21(2)39-33(45)24-15-14-22(3)25(18-24)30-26-19-38-35(46)44(31-27(36)12-9-13-28(31)37)32(26)42-34(41-30)40-29(20-43-16-7-8-17-43)23-10-5-4-6-11-23;3-2(4,5)1(6)7/h4-6,9-15,18,21,29H,7-8,16-17,19-20H2,1-3H3,(H,38,46)(H,39,45)(H,40,41,42);(H,6,7). The predicted molar refractivity (Wildman–Crippen MR) is 188 cm³/mol. The number of carbonyl (C=O) groups is 3. The van der Waals surface area contributed by atoms with Gasteiger partial charge in [0.05, 0.1) is 18.3 Å². The van der Waals surface area contributed by atoms with Crippen LogP contribution in [-0.2, 0) is 11.3 Å². The third kappa shape index (κ3) is 9.24. The first-order chi connectivity index (χ1) is 25.1. The van der Waals surface area contributed by atoms with Crippen molar-refractivity contribution in [1.29, 1.82) is 0 Å². The fourth-order valence-corrected chi connectivity index (χ4v) is 6.02. The summed E-state index contributed by atoms with van der Waals surface area (Å²) < 4.78 is 62.2. The Kier molecular flexibility index (Phi) is 11.9. The van der Waals surface area contributed by atoms with Crippen molar-refractivity contribution >= 4 is 35.4 Å². The maximum absolute atomic E-state index is 15.2. The maximum atomic E-state index is 15.2. The summed E-state index contributed by atoms with van der Waals surface area (Å²) in [5, 5.41) is 16.3. The molecule has 1 aromatic heterocycles. The molecule has 1 atom stereocenters. The van der Waals surface area contributed by atoms with Gasteiger partial charge in [0.2, 0.25) is 5.95 Å². The van der Waals surface area contributed by atoms with Crippen LogP contribution in [0.15, 0.2) is 66.7 Å². The number of nitrogens with one attached hydrogen (secondary N) is 3. The summed E-state index contributed by atoms with van der Waals surface area (Å²) in [5.74, 6) is -4.56. The lowest BCUT2D eigenvalue weighted by Gasteiger charge is -2.32. The minimum Gasteiger partial charge on any atom is -0.475 e. The molecule has 2 aliphatic rings. The average molecular weight is 740 g/mol. The number of aromatic nitrogens is 2. The average Bonchev–Trinajstić information content (AvgIpc) is 3.62. The molecule has 4 aromatic rings. The number of carboxylic acid groups (broad SMARTS) is 1. The van der Waals surface area contributed by atoms with E-state index in [2.05, 4.69) is 20.9 Å². The monoisotopic (exact) mass is 739 g/mol. The molecule has 6 rings (SSSR count). The number of likely N-dealkylation sites (tertiary alicyclic amines) is 1. The molecule has 16 heteroatoms. The molecule has 2 aliphatic heterocycles. The van der Waals surface area contributed by atoms with E-state index in [9.17, 15) is 22.8 Å². The van der Waals surface area contributed by atoms with Gasteiger partial charge in [-0.05, 0) is 82.1 Å². The summed E-state index contributed by atoms with van der Waals surface area (Å²) in [6.45, 7) is 8.34. The van der Waals surface area contributed by atoms with Gasteiger partial charge < -0.3 is 26.0 Å². The quantitative estimate of drug-likeness (QED) is 0.133. The van der Waals surface area contributed by atoms with Crippen LogP contribution >= 0.6 is 0 Å². The number of benzene rings is 3. The normalized spacial score (nSPS) is 14.9. The zero-order chi connectivity index (χ0) is 38.4. The topological polar surface area (TPSA) is 140 Å². The van der Waals surface area contributed by atoms with Gasteiger partial charge in [-0.3, -0.25) is 4.79 Å². The van der Waals surface area contributed by atoms with Gasteiger partial charge in [0.15, 0.2) is 5.82 Å². The van der Waals surface area contributed by atoms with Crippen LogP contribution in [0.25, 0.3) is 11.3 Å². The zero-order valence-corrected chi connectivity index (χ0v) is 29.1. The number of aliphatic carboxylic acids is 1. The number of amides is 3. The Morgan fingerprint density at radius 2 is 1.60 bits per heavy atom. The van der Waals surface area contributed by atoms with E-state index < -0.39 is 35.5 Å². The number of alkyl halides is 3. The molecule has 53 heavy (non-hydrogen) atoms. The molecule has 3 amide bonds. The number of hydrogen-bond acceptors (Lipinski definition) is 7. The summed E-state index contributed by atoms with van der Waals surface area (Å²) in [7, 11) is 0. The molecular weight excluding hydrogens is 701 g/mol. The first-order valence-electron chi connectivity index (χ1n) is 16.8. The lowest BCUT2D eigenvalue weighted by molar-refractivity contribution is -0.192. The molecule has 1 fully saturated rings. The smallest absolute Gasteiger partial charge is 0.475 e. The van der Waals surface area contributed by atoms with Crippen molar-refractivity contribution in [2.75, 3.05) is 29.9 Å². The number of aryl methyl sites for hydroxylation is 1. The number of carbonyl (C=O) groups excluding carboxylic acids is 2. The highest BCUT2D eigenvalue weighted by Gasteiger charge is 2.38. The van der Waals surface area contributed by atoms with Crippen molar-refractivity contribution in [3.05, 3.63) is 101 Å². The third-order valence-electron chi connectivity index (χ3n) is 8.54. The minimum atomic E-state index is -5.08. The van der Waals surface area contributed by atoms with Crippen molar-refractivity contribution in [3.63, 3.8) is 0 Å². The highest BCUT2D eigenvalue weighted by atomic mass is 19.4. The second-order valence-corrected chi connectivity index (χ2v) is 12.8. The van der Waals surface area contributed by atoms with Gasteiger partial charge in [-0.15, -0.1) is 0 Å². The number of para-hydroxylation sites is 1. The molecule has 0 bridgehead atoms. The van der Waals surface area contributed by atoms with Gasteiger partial charge in [-0.25, -0.2) is 28.3 Å². The number of anilines is 3. The number of nitrogens with zero attached hydrogens (tertiary/aromatic N) is 4. The van der Waals surface area contributed by atoms with E-state index in [1.54, 1.807) is 12.1 Å². The molecule has 1 unspecified atom stereocenters. The second kappa shape index (κ2) is 16.4. The highest BCUT2D eigenvalue weighted by Crippen LogP contribution is 2.40. The van der Waals surface area contributed by atoms with E-state index in [4.69, 9.17) is 19.9 Å². The number of carboxylic acids is 1. The van der Waals surface area contributed by atoms with E-state index in [-0.39, 0.29) is 36.3 Å². The van der Waals surface area contributed by atoms with Crippen LogP contribution in [0.1, 0.15) is 59.8 Å². The molecular formula is C37H38F5N7O4. The molecule has 0 spiro atoms. The Balaban J connectivity index is 0.000000705. The predicted octanol–water partition coefficient (Wildman–Crippen LogP) is 7.11. The molecule has 0 saturated carbocycles. The van der Waals surface area contributed by atoms with Crippen molar-refractivity contribution < 1.29 is 41.4 Å². The number of hydrogen-bond donors (Lipinski definition) is 4. The van der Waals surface area contributed by atoms with Gasteiger partial charge in [0.25, 0.3) is 5.91 Å². The summed E-state index contributed by atoms with van der Waals surface area (Å²) in [4.78, 5) is 48.3. The van der Waals surface area contributed by atoms with Crippen LogP contribution in [0.3, 0.4) is 0 Å². The first kappa shape index (κ1) is 38.6. The van der Waals surface area contributed by atoms with E-state index >= 15 is 8.78 Å². The van der Waals surface area contributed by atoms with Crippen molar-refractivity contribution in [2.45, 2.75) is 58.4 Å². The Hall–Kier alpha value is -5.64. The van der Waals surface area contributed by atoms with E-state index in [1.165, 1.54) is 6.07 Å². The van der Waals surface area contributed by atoms with Gasteiger partial charge >= 0.3 is 18.2 Å². The lowest BCUT2D eigenvalue weighted by atomic mass is 9.97. The van der Waals surface area contributed by atoms with Crippen LogP contribution in [0.4, 0.5) is 44.2 Å². The van der Waals surface area contributed by atoms with Crippen LogP contribution in [-0.4, -0.2) is 69.7 Å². The fourth-order valence-electron chi connectivity index (χ4n) is 6.02. The molecule has 4 N–H and O–H groups in total. The summed E-state index contributed by atoms with van der Waals surface area (Å²) in [6, 6.07) is 17.7. The van der Waals surface area contributed by atoms with Crippen LogP contribution in [0.2, 0.25) is 0 Å². The number of halogens is 5. The Bertz CT molecular complexity index is 1950. The van der Waals surface area contributed by atoms with Gasteiger partial charge in [0.1, 0.15) is 17.3 Å². The van der Waals surface area contributed by atoms with Gasteiger partial charge in [-0.2, -0.15) is 18.2 Å². The molecule has 3 heterocycles. The minimum absolute atomic E-state index is 0.0219. The van der Waals surface area contributed by atoms with Crippen molar-refractivity contribution in [1.82, 2.24) is 25.5 Å². The summed E-state index contributed by atoms with van der Waals surface area (Å²) in [6.07, 6.45) is -2.83. The number of fused-ring (bicyclic) bond motifs is 1. The van der Waals surface area contributed by atoms with Crippen LogP contribution in [0.5, 0.6) is 0 Å². The van der Waals surface area contributed by atoms with E-state index in [0.29, 0.717) is 28.9 Å². The highest BCUT2D eigenvalue weighted by molar-refractivity contribution is 6.02. The SMILES string of the molecule is Cc1ccc(C(=O)NC(C)C)cc1-c1nc(NC(CN2CCCC2)c2ccccc2)nc2c1CNC(=O)N2c1c(F)cccc1F.O=C(O)C(F)(F)F. The fraction of sp³-hybridized carbons (Fsp3) is 0.324. The van der Waals surface area contributed by atoms with E-state index in [0.717, 1.165) is 54.1 Å². The van der Waals surface area contributed by atoms with Gasteiger partial charge in [0, 0.05) is 29.3 Å². The van der Waals surface area contributed by atoms with Crippen LogP contribution in [0, 0.1) is 18.6 Å². The van der Waals surface area contributed by atoms with E-state index in [1.807, 2.05) is 57.2 Å². The molecule has 1 saturated heterocycles. The molecule has 0 aliphatic carbocycles. The Morgan fingerprint density at radius 3 is 2.21 bits per heavy atom. The Morgan fingerprint density at radius 1 is 0.962 bits per heavy atom. The van der Waals surface area contributed by atoms with Crippen LogP contribution < -0.4 is 20.9 Å². The van der Waals surface area contributed by atoms with Crippen molar-refractivity contribution in [2.24, 2.45) is 0 Å². The molecule has 0 radical (unpaired) electrons. The van der Waals surface area contributed by atoms with Gasteiger partial charge in [-0.1, -0.05) is 42.5 Å². The summed E-state index contributed by atoms with van der Waals surface area (Å²) >= 11 is 0. The molecule has 280 valence electrons. The molecule has 11 nitrogen and oxygen atoms in total. The third-order valence-corrected chi connectivity index (χ3v) is 8.54. The Labute approximate surface area is 302 Å². The summed E-state index contributed by atoms with van der Waals surface area (Å²) in [5.41, 5.74) is 3.30. The second-order valence-electron chi connectivity index (χ2n) is 12.8. The molecule has 3 aromatic carbocycles. The lowest BCUT2D eigenvalue weighted by Crippen LogP contribution is -2.43. The first-order valence-corrected chi connectivity index (χ1v) is 16.8. The zero-order valence-electron chi connectivity index (χ0n) is 29.1. The largest absolute Gasteiger partial charge is 0.490 e. The maximum Gasteiger partial charge on any atom is 0.490 e. The number of rotatable bonds is 9. The van der Waals surface area contributed by atoms with Crippen molar-refractivity contribution in [3.8, 4) is 11.3 Å². The number of urea groups is 1.